The number of aromatic nitrogens is 1. The molecule has 8 heteroatoms. The lowest BCUT2D eigenvalue weighted by Gasteiger charge is -2.10. The molecule has 3 aromatic rings. The van der Waals surface area contributed by atoms with Crippen LogP contribution >= 0.6 is 11.8 Å². The van der Waals surface area contributed by atoms with Gasteiger partial charge in [0, 0.05) is 22.3 Å². The normalized spacial score (nSPS) is 11.2. The second kappa shape index (κ2) is 8.55. The fraction of sp³-hybridized carbons (Fsp3) is 0.100. The van der Waals surface area contributed by atoms with Gasteiger partial charge in [-0.25, -0.2) is 18.5 Å². The largest absolute Gasteiger partial charge is 0.322 e. The molecule has 0 bridgehead atoms. The lowest BCUT2D eigenvalue weighted by molar-refractivity contribution is 0.102. The predicted molar refractivity (Wildman–Crippen MR) is 110 cm³/mol. The maximum absolute atomic E-state index is 12.5. The van der Waals surface area contributed by atoms with E-state index in [0.717, 1.165) is 9.92 Å². The van der Waals surface area contributed by atoms with Gasteiger partial charge in [0.2, 0.25) is 10.0 Å². The van der Waals surface area contributed by atoms with Crippen LogP contribution in [0.4, 0.5) is 5.69 Å². The molecule has 6 nitrogen and oxygen atoms in total. The Morgan fingerprint density at radius 1 is 1.11 bits per heavy atom. The number of pyridine rings is 1. The molecule has 0 unspecified atom stereocenters. The van der Waals surface area contributed by atoms with Gasteiger partial charge in [0.15, 0.2) is 0 Å². The molecule has 144 valence electrons. The number of sulfonamides is 1. The van der Waals surface area contributed by atoms with Crippen LogP contribution in [0.2, 0.25) is 0 Å². The first-order chi connectivity index (χ1) is 13.4. The Kier molecular flexibility index (Phi) is 6.13. The van der Waals surface area contributed by atoms with Crippen LogP contribution in [0, 0.1) is 0 Å². The van der Waals surface area contributed by atoms with Gasteiger partial charge in [-0.05, 0) is 60.5 Å². The lowest BCUT2D eigenvalue weighted by Crippen LogP contribution is -2.16. The van der Waals surface area contributed by atoms with Crippen molar-refractivity contribution < 1.29 is 13.2 Å². The number of primary sulfonamides is 1. The third-order valence-electron chi connectivity index (χ3n) is 3.99. The van der Waals surface area contributed by atoms with Crippen molar-refractivity contribution in [3.8, 4) is 0 Å². The molecule has 0 fully saturated rings. The van der Waals surface area contributed by atoms with Gasteiger partial charge in [0.1, 0.15) is 5.03 Å². The number of carbonyl (C=O) groups excluding carboxylic acids is 1. The van der Waals surface area contributed by atoms with Crippen LogP contribution in [0.25, 0.3) is 0 Å². The molecule has 0 atom stereocenters. The molecule has 28 heavy (non-hydrogen) atoms. The average molecular weight is 414 g/mol. The van der Waals surface area contributed by atoms with E-state index in [1.807, 2.05) is 37.3 Å². The van der Waals surface area contributed by atoms with E-state index in [0.29, 0.717) is 23.2 Å². The number of nitrogens with one attached hydrogen (secondary N) is 1. The predicted octanol–water partition coefficient (Wildman–Crippen LogP) is 3.69. The van der Waals surface area contributed by atoms with Gasteiger partial charge < -0.3 is 5.32 Å². The van der Waals surface area contributed by atoms with E-state index in [2.05, 4.69) is 10.3 Å². The number of carbonyl (C=O) groups is 1. The lowest BCUT2D eigenvalue weighted by atomic mass is 10.1. The van der Waals surface area contributed by atoms with Gasteiger partial charge in [-0.15, -0.1) is 0 Å². The molecule has 3 N–H and O–H groups in total. The van der Waals surface area contributed by atoms with Crippen LogP contribution in [0.3, 0.4) is 0 Å². The number of aryl methyl sites for hydroxylation is 1. The molecule has 0 aliphatic carbocycles. The van der Waals surface area contributed by atoms with Gasteiger partial charge in [-0.2, -0.15) is 0 Å². The zero-order chi connectivity index (χ0) is 20.1. The van der Waals surface area contributed by atoms with Crippen molar-refractivity contribution in [2.75, 3.05) is 5.32 Å². The Labute approximate surface area is 168 Å². The summed E-state index contributed by atoms with van der Waals surface area (Å²) in [6.45, 7) is 1.84. The number of benzene rings is 2. The van der Waals surface area contributed by atoms with E-state index in [9.17, 15) is 13.2 Å². The van der Waals surface area contributed by atoms with E-state index in [1.54, 1.807) is 30.5 Å². The van der Waals surface area contributed by atoms with Crippen molar-refractivity contribution in [3.63, 3.8) is 0 Å². The minimum atomic E-state index is -3.86. The van der Waals surface area contributed by atoms with E-state index in [-0.39, 0.29) is 10.8 Å². The van der Waals surface area contributed by atoms with Crippen molar-refractivity contribution in [1.29, 1.82) is 0 Å². The zero-order valence-electron chi connectivity index (χ0n) is 15.1. The van der Waals surface area contributed by atoms with Crippen LogP contribution in [0.15, 0.2) is 81.7 Å². The summed E-state index contributed by atoms with van der Waals surface area (Å²) in [5.74, 6) is -0.334. The number of amides is 1. The second-order valence-electron chi connectivity index (χ2n) is 5.97. The van der Waals surface area contributed by atoms with Crippen molar-refractivity contribution in [2.45, 2.75) is 28.2 Å². The SMILES string of the molecule is CCc1ccc(NC(=O)c2ccc(Sc3ccccn3)cc2)cc1S(N)(=O)=O. The van der Waals surface area contributed by atoms with E-state index < -0.39 is 10.0 Å². The fourth-order valence-electron chi connectivity index (χ4n) is 2.60. The smallest absolute Gasteiger partial charge is 0.255 e. The Bertz CT molecular complexity index is 1080. The Balaban J connectivity index is 1.74. The molecule has 2 aromatic carbocycles. The molecule has 1 amide bonds. The van der Waals surface area contributed by atoms with Gasteiger partial charge in [-0.3, -0.25) is 4.79 Å². The molecule has 0 saturated carbocycles. The molecule has 1 aromatic heterocycles. The highest BCUT2D eigenvalue weighted by Gasteiger charge is 2.15. The molecule has 0 radical (unpaired) electrons. The molecule has 3 rings (SSSR count). The topological polar surface area (TPSA) is 102 Å². The first kappa shape index (κ1) is 20.1. The summed E-state index contributed by atoms with van der Waals surface area (Å²) in [4.78, 5) is 17.7. The summed E-state index contributed by atoms with van der Waals surface area (Å²) >= 11 is 1.50. The highest BCUT2D eigenvalue weighted by Crippen LogP contribution is 2.26. The first-order valence-electron chi connectivity index (χ1n) is 8.53. The molecule has 1 heterocycles. The minimum Gasteiger partial charge on any atom is -0.322 e. The standard InChI is InChI=1S/C20H19N3O3S2/c1-2-14-6-9-16(13-18(14)28(21,25)26)23-20(24)15-7-10-17(11-8-15)27-19-5-3-4-12-22-19/h3-13H,2H2,1H3,(H,23,24)(H2,21,25,26). The van der Waals surface area contributed by atoms with Gasteiger partial charge in [0.25, 0.3) is 5.91 Å². The average Bonchev–Trinajstić information content (AvgIpc) is 2.68. The van der Waals surface area contributed by atoms with Crippen molar-refractivity contribution in [2.24, 2.45) is 5.14 Å². The maximum Gasteiger partial charge on any atom is 0.255 e. The van der Waals surface area contributed by atoms with Crippen molar-refractivity contribution in [3.05, 3.63) is 78.0 Å². The summed E-state index contributed by atoms with van der Waals surface area (Å²) in [6.07, 6.45) is 2.25. The number of hydrogen-bond donors (Lipinski definition) is 2. The third-order valence-corrected chi connectivity index (χ3v) is 5.94. The summed E-state index contributed by atoms with van der Waals surface area (Å²) in [6, 6.07) is 17.5. The zero-order valence-corrected chi connectivity index (χ0v) is 16.8. The maximum atomic E-state index is 12.5. The monoisotopic (exact) mass is 413 g/mol. The van der Waals surface area contributed by atoms with Crippen LogP contribution in [0.5, 0.6) is 0 Å². The van der Waals surface area contributed by atoms with Gasteiger partial charge in [-0.1, -0.05) is 30.8 Å². The molecule has 0 aliphatic heterocycles. The Hall–Kier alpha value is -2.68. The van der Waals surface area contributed by atoms with E-state index >= 15 is 0 Å². The molecular formula is C20H19N3O3S2. The van der Waals surface area contributed by atoms with Crippen LogP contribution in [0.1, 0.15) is 22.8 Å². The van der Waals surface area contributed by atoms with Gasteiger partial charge in [0.05, 0.1) is 4.90 Å². The van der Waals surface area contributed by atoms with E-state index in [1.165, 1.54) is 17.8 Å². The van der Waals surface area contributed by atoms with Crippen LogP contribution < -0.4 is 10.5 Å². The van der Waals surface area contributed by atoms with E-state index in [4.69, 9.17) is 5.14 Å². The van der Waals surface area contributed by atoms with Crippen molar-refractivity contribution >= 4 is 33.4 Å². The quantitative estimate of drug-likeness (QED) is 0.642. The first-order valence-corrected chi connectivity index (χ1v) is 10.9. The summed E-state index contributed by atoms with van der Waals surface area (Å²) in [7, 11) is -3.86. The molecule has 0 saturated heterocycles. The number of nitrogens with two attached hydrogens (primary N) is 1. The second-order valence-corrected chi connectivity index (χ2v) is 8.59. The Morgan fingerprint density at radius 2 is 1.86 bits per heavy atom. The van der Waals surface area contributed by atoms with Gasteiger partial charge >= 0.3 is 0 Å². The number of rotatable bonds is 6. The molecule has 0 spiro atoms. The number of nitrogens with zero attached hydrogens (tertiary/aromatic N) is 1. The molecular weight excluding hydrogens is 394 g/mol. The Morgan fingerprint density at radius 3 is 2.46 bits per heavy atom. The van der Waals surface area contributed by atoms with Crippen LogP contribution in [-0.4, -0.2) is 19.3 Å². The number of hydrogen-bond acceptors (Lipinski definition) is 5. The minimum absolute atomic E-state index is 0.0231. The highest BCUT2D eigenvalue weighted by molar-refractivity contribution is 7.99. The van der Waals surface area contributed by atoms with Crippen molar-refractivity contribution in [1.82, 2.24) is 4.98 Å². The third kappa shape index (κ3) is 4.98. The molecule has 0 aliphatic rings. The van der Waals surface area contributed by atoms with Crippen LogP contribution in [-0.2, 0) is 16.4 Å². The summed E-state index contributed by atoms with van der Waals surface area (Å²) in [5, 5.41) is 8.86. The fourth-order valence-corrected chi connectivity index (χ4v) is 4.24. The summed E-state index contributed by atoms with van der Waals surface area (Å²) in [5.41, 5.74) is 1.44. The summed E-state index contributed by atoms with van der Waals surface area (Å²) < 4.78 is 23.5. The number of anilines is 1. The highest BCUT2D eigenvalue weighted by atomic mass is 32.2.